The Kier molecular flexibility index (Phi) is 11.9. The predicted octanol–water partition coefficient (Wildman–Crippen LogP) is 9.32. The Bertz CT molecular complexity index is 2370. The maximum Gasteiger partial charge on any atom is 0.260 e. The second-order valence-corrected chi connectivity index (χ2v) is 15.6. The number of amides is 2. The van der Waals surface area contributed by atoms with Crippen molar-refractivity contribution < 1.29 is 38.0 Å². The van der Waals surface area contributed by atoms with Crippen LogP contribution in [0.15, 0.2) is 95.2 Å². The number of benzene rings is 4. The molecule has 60 heavy (non-hydrogen) atoms. The normalized spacial score (nSPS) is 17.6. The van der Waals surface area contributed by atoms with Gasteiger partial charge in [0, 0.05) is 56.2 Å². The molecule has 0 radical (unpaired) electrons. The minimum absolute atomic E-state index is 0.151. The van der Waals surface area contributed by atoms with E-state index in [4.69, 9.17) is 38.4 Å². The number of carbonyl (C=O) groups excluding carboxylic acids is 2. The molecule has 0 saturated carbocycles. The van der Waals surface area contributed by atoms with Crippen molar-refractivity contribution in [3.63, 3.8) is 0 Å². The molecular formula is C48H50N4O8. The first kappa shape index (κ1) is 40.2. The van der Waals surface area contributed by atoms with Crippen molar-refractivity contribution in [1.29, 1.82) is 0 Å². The first-order valence-corrected chi connectivity index (χ1v) is 20.5. The van der Waals surface area contributed by atoms with Gasteiger partial charge in [0.25, 0.3) is 11.8 Å². The molecule has 12 nitrogen and oxygen atoms in total. The Balaban J connectivity index is 0.876. The molecule has 4 aliphatic rings. The van der Waals surface area contributed by atoms with Gasteiger partial charge in [-0.05, 0) is 77.4 Å². The molecule has 0 bridgehead atoms. The fourth-order valence-corrected chi connectivity index (χ4v) is 7.82. The molecule has 4 aliphatic heterocycles. The van der Waals surface area contributed by atoms with E-state index >= 15 is 0 Å². The van der Waals surface area contributed by atoms with Crippen LogP contribution >= 0.6 is 0 Å². The highest BCUT2D eigenvalue weighted by atomic mass is 16.5. The number of ether oxygens (including phenoxy) is 6. The number of aliphatic imine (C=N–C) groups is 2. The number of rotatable bonds is 16. The fourth-order valence-electron chi connectivity index (χ4n) is 7.82. The SMILES string of the molecule is COc1ccc(C2=CN3C(=O)c4cc(OC)c(OCCCOc5cc6c(cc5OC)C(=O)N5C=C(c7ccc(OCCCC(C)C)cc7)C[C@H]5C=N6)cc4N=C[C@@H]3C2)cc1. The third-order valence-electron chi connectivity index (χ3n) is 11.1. The van der Waals surface area contributed by atoms with E-state index in [-0.39, 0.29) is 23.9 Å². The third kappa shape index (κ3) is 8.45. The lowest BCUT2D eigenvalue weighted by molar-refractivity contribution is 0.0809. The lowest BCUT2D eigenvalue weighted by atomic mass is 10.0. The van der Waals surface area contributed by atoms with E-state index in [2.05, 4.69) is 13.8 Å². The number of nitrogens with zero attached hydrogens (tertiary/aromatic N) is 4. The molecule has 310 valence electrons. The number of carbonyl (C=O) groups is 2. The van der Waals surface area contributed by atoms with Crippen LogP contribution in [0.25, 0.3) is 11.1 Å². The monoisotopic (exact) mass is 810 g/mol. The Hall–Kier alpha value is -6.56. The van der Waals surface area contributed by atoms with Crippen LogP contribution in [0.1, 0.15) is 77.8 Å². The van der Waals surface area contributed by atoms with Gasteiger partial charge in [-0.2, -0.15) is 0 Å². The highest BCUT2D eigenvalue weighted by molar-refractivity contribution is 6.06. The predicted molar refractivity (Wildman–Crippen MR) is 232 cm³/mol. The Morgan fingerprint density at radius 3 is 1.50 bits per heavy atom. The van der Waals surface area contributed by atoms with Gasteiger partial charge in [-0.25, -0.2) is 0 Å². The molecule has 12 heteroatoms. The van der Waals surface area contributed by atoms with E-state index in [0.29, 0.717) is 90.5 Å². The van der Waals surface area contributed by atoms with Gasteiger partial charge in [0.1, 0.15) is 11.5 Å². The summed E-state index contributed by atoms with van der Waals surface area (Å²) < 4.78 is 34.9. The van der Waals surface area contributed by atoms with Crippen molar-refractivity contribution in [2.45, 2.75) is 58.0 Å². The smallest absolute Gasteiger partial charge is 0.260 e. The summed E-state index contributed by atoms with van der Waals surface area (Å²) in [6, 6.07) is 22.4. The summed E-state index contributed by atoms with van der Waals surface area (Å²) in [7, 11) is 4.73. The number of fused-ring (bicyclic) bond motifs is 4. The lowest BCUT2D eigenvalue weighted by Gasteiger charge is -2.19. The molecule has 0 aromatic heterocycles. The van der Waals surface area contributed by atoms with E-state index in [1.54, 1.807) is 55.4 Å². The zero-order valence-corrected chi connectivity index (χ0v) is 34.7. The molecule has 8 rings (SSSR count). The van der Waals surface area contributed by atoms with Crippen molar-refractivity contribution in [2.24, 2.45) is 15.9 Å². The standard InChI is InChI=1S/C48H50N4O8/c1-30(2)8-6-17-58-38-15-11-32(12-16-38)34-21-36-27-50-42-25-46(44(57-5)23-40(42)48(54)52(36)29-34)60-19-7-18-59-45-24-41-39(22-43(45)56-4)47(53)51-28-33(20-35(51)26-49-41)31-9-13-37(55-3)14-10-31/h9-16,22-30,35-36H,6-8,17-21H2,1-5H3/t35-,36-/m0/s1. The minimum Gasteiger partial charge on any atom is -0.497 e. The fraction of sp³-hybridized carbons (Fsp3) is 0.333. The zero-order chi connectivity index (χ0) is 41.8. The van der Waals surface area contributed by atoms with Crippen LogP contribution in [0.5, 0.6) is 34.5 Å². The second-order valence-electron chi connectivity index (χ2n) is 15.6. The molecule has 0 spiro atoms. The molecule has 0 unspecified atom stereocenters. The lowest BCUT2D eigenvalue weighted by Crippen LogP contribution is -2.32. The van der Waals surface area contributed by atoms with Crippen molar-refractivity contribution in [1.82, 2.24) is 9.80 Å². The molecule has 4 aromatic carbocycles. The topological polar surface area (TPSA) is 121 Å². The molecule has 0 aliphatic carbocycles. The van der Waals surface area contributed by atoms with Crippen molar-refractivity contribution in [3.8, 4) is 34.5 Å². The second kappa shape index (κ2) is 17.7. The maximum absolute atomic E-state index is 13.9. The average Bonchev–Trinajstić information content (AvgIpc) is 3.85. The molecule has 0 saturated heterocycles. The van der Waals surface area contributed by atoms with Crippen molar-refractivity contribution in [2.75, 3.05) is 41.2 Å². The van der Waals surface area contributed by atoms with Gasteiger partial charge >= 0.3 is 0 Å². The molecule has 0 N–H and O–H groups in total. The molecule has 0 fully saturated rings. The van der Waals surface area contributed by atoms with Gasteiger partial charge in [0.2, 0.25) is 0 Å². The van der Waals surface area contributed by atoms with Crippen LogP contribution in [0.2, 0.25) is 0 Å². The summed E-state index contributed by atoms with van der Waals surface area (Å²) in [6.07, 6.45) is 11.5. The van der Waals surface area contributed by atoms with Gasteiger partial charge in [-0.3, -0.25) is 19.6 Å². The molecular weight excluding hydrogens is 761 g/mol. The Morgan fingerprint density at radius 2 is 1.05 bits per heavy atom. The summed E-state index contributed by atoms with van der Waals surface area (Å²) in [5.74, 6) is 3.80. The van der Waals surface area contributed by atoms with Gasteiger partial charge in [0.05, 0.1) is 75.7 Å². The van der Waals surface area contributed by atoms with E-state index in [1.165, 1.54) is 0 Å². The first-order valence-electron chi connectivity index (χ1n) is 20.5. The van der Waals surface area contributed by atoms with Gasteiger partial charge < -0.3 is 38.2 Å². The van der Waals surface area contributed by atoms with Crippen LogP contribution in [0.3, 0.4) is 0 Å². The summed E-state index contributed by atoms with van der Waals surface area (Å²) >= 11 is 0. The van der Waals surface area contributed by atoms with E-state index < -0.39 is 0 Å². The van der Waals surface area contributed by atoms with E-state index in [1.807, 2.05) is 73.4 Å². The Labute approximate surface area is 350 Å². The largest absolute Gasteiger partial charge is 0.497 e. The van der Waals surface area contributed by atoms with Gasteiger partial charge in [-0.1, -0.05) is 38.1 Å². The number of hydrogen-bond donors (Lipinski definition) is 0. The van der Waals surface area contributed by atoms with Crippen molar-refractivity contribution >= 4 is 46.8 Å². The van der Waals surface area contributed by atoms with Crippen LogP contribution in [-0.4, -0.2) is 87.3 Å². The summed E-state index contributed by atoms with van der Waals surface area (Å²) in [5.41, 5.74) is 6.10. The summed E-state index contributed by atoms with van der Waals surface area (Å²) in [6.45, 7) is 5.74. The maximum atomic E-state index is 13.9. The average molecular weight is 811 g/mol. The Morgan fingerprint density at radius 1 is 0.583 bits per heavy atom. The molecule has 2 amide bonds. The molecule has 4 heterocycles. The van der Waals surface area contributed by atoms with Crippen LogP contribution in [0.4, 0.5) is 11.4 Å². The van der Waals surface area contributed by atoms with Crippen LogP contribution in [-0.2, 0) is 0 Å². The summed E-state index contributed by atoms with van der Waals surface area (Å²) in [4.78, 5) is 40.6. The minimum atomic E-state index is -0.208. The van der Waals surface area contributed by atoms with Crippen molar-refractivity contribution in [3.05, 3.63) is 107 Å². The number of hydrogen-bond acceptors (Lipinski definition) is 10. The number of methoxy groups -OCH3 is 3. The van der Waals surface area contributed by atoms with E-state index in [0.717, 1.165) is 46.6 Å². The first-order chi connectivity index (χ1) is 29.2. The third-order valence-corrected chi connectivity index (χ3v) is 11.1. The van der Waals surface area contributed by atoms with Gasteiger partial charge in [-0.15, -0.1) is 0 Å². The highest BCUT2D eigenvalue weighted by Crippen LogP contribution is 2.42. The zero-order valence-electron chi connectivity index (χ0n) is 34.7. The highest BCUT2D eigenvalue weighted by Gasteiger charge is 2.35. The van der Waals surface area contributed by atoms with Gasteiger partial charge in [0.15, 0.2) is 23.0 Å². The molecule has 4 aromatic rings. The summed E-state index contributed by atoms with van der Waals surface area (Å²) in [5, 5.41) is 0. The van der Waals surface area contributed by atoms with Crippen LogP contribution in [0, 0.1) is 5.92 Å². The van der Waals surface area contributed by atoms with Crippen LogP contribution < -0.4 is 28.4 Å². The van der Waals surface area contributed by atoms with E-state index in [9.17, 15) is 9.59 Å². The quantitative estimate of drug-likeness (QED) is 0.103. The molecule has 2 atom stereocenters.